The maximum Gasteiger partial charge on any atom is 0.326 e. The summed E-state index contributed by atoms with van der Waals surface area (Å²) in [5, 5.41) is 14.1. The number of amides is 2. The third-order valence-electron chi connectivity index (χ3n) is 3.03. The van der Waals surface area contributed by atoms with Crippen LogP contribution in [0.5, 0.6) is 0 Å². The van der Waals surface area contributed by atoms with Crippen molar-refractivity contribution in [3.05, 3.63) is 29.8 Å². The summed E-state index contributed by atoms with van der Waals surface area (Å²) in [6, 6.07) is 5.94. The maximum atomic E-state index is 11.8. The lowest BCUT2D eigenvalue weighted by Crippen LogP contribution is -2.43. The molecule has 0 aromatic heterocycles. The molecule has 0 aliphatic carbocycles. The third kappa shape index (κ3) is 5.83. The number of aliphatic carboxylic acids is 1. The number of carboxylic acid groups (broad SMARTS) is 1. The maximum absolute atomic E-state index is 11.8. The van der Waals surface area contributed by atoms with Crippen LogP contribution in [0.25, 0.3) is 0 Å². The van der Waals surface area contributed by atoms with Crippen LogP contribution in [0.4, 0.5) is 10.5 Å². The van der Waals surface area contributed by atoms with E-state index in [1.54, 1.807) is 6.07 Å². The first kappa shape index (κ1) is 17.0. The van der Waals surface area contributed by atoms with Gasteiger partial charge in [0.25, 0.3) is 0 Å². The van der Waals surface area contributed by atoms with E-state index in [0.29, 0.717) is 11.6 Å². The van der Waals surface area contributed by atoms with E-state index in [1.165, 1.54) is 7.11 Å². The fourth-order valence-corrected chi connectivity index (χ4v) is 1.79. The number of nitrogens with one attached hydrogen (secondary N) is 2. The lowest BCUT2D eigenvalue weighted by molar-refractivity contribution is -0.139. The van der Waals surface area contributed by atoms with Gasteiger partial charge in [0.05, 0.1) is 0 Å². The zero-order valence-electron chi connectivity index (χ0n) is 12.6. The molecule has 1 atom stereocenters. The third-order valence-corrected chi connectivity index (χ3v) is 3.03. The van der Waals surface area contributed by atoms with Crippen molar-refractivity contribution >= 4 is 17.7 Å². The smallest absolute Gasteiger partial charge is 0.326 e. The molecule has 0 aliphatic heterocycles. The zero-order chi connectivity index (χ0) is 15.8. The van der Waals surface area contributed by atoms with E-state index in [4.69, 9.17) is 9.84 Å². The van der Waals surface area contributed by atoms with Gasteiger partial charge in [0.2, 0.25) is 0 Å². The second-order valence-corrected chi connectivity index (χ2v) is 5.05. The molecule has 0 heterocycles. The molecule has 2 amide bonds. The molecule has 1 unspecified atom stereocenters. The number of urea groups is 1. The zero-order valence-corrected chi connectivity index (χ0v) is 12.6. The number of rotatable bonds is 7. The van der Waals surface area contributed by atoms with Crippen molar-refractivity contribution in [2.24, 2.45) is 0 Å². The van der Waals surface area contributed by atoms with E-state index >= 15 is 0 Å². The molecule has 21 heavy (non-hydrogen) atoms. The number of carboxylic acids is 1. The Morgan fingerprint density at radius 1 is 1.33 bits per heavy atom. The summed E-state index contributed by atoms with van der Waals surface area (Å²) in [4.78, 5) is 22.9. The second-order valence-electron chi connectivity index (χ2n) is 5.05. The molecule has 0 bridgehead atoms. The number of methoxy groups -OCH3 is 1. The summed E-state index contributed by atoms with van der Waals surface area (Å²) >= 11 is 0. The van der Waals surface area contributed by atoms with E-state index in [1.807, 2.05) is 18.2 Å². The van der Waals surface area contributed by atoms with Gasteiger partial charge < -0.3 is 20.5 Å². The Morgan fingerprint density at radius 2 is 2.05 bits per heavy atom. The molecule has 0 fully saturated rings. The molecule has 6 heteroatoms. The number of hydrogen-bond donors (Lipinski definition) is 3. The van der Waals surface area contributed by atoms with E-state index in [2.05, 4.69) is 24.5 Å². The minimum atomic E-state index is -1.09. The predicted octanol–water partition coefficient (Wildman–Crippen LogP) is 2.42. The van der Waals surface area contributed by atoms with Crippen LogP contribution in [0.15, 0.2) is 24.3 Å². The standard InChI is InChI=1S/C15H22N2O4/c1-10(2)11-5-4-6-12(9-11)16-15(20)17-13(14(18)19)7-8-21-3/h4-6,9-10,13H,7-8H2,1-3H3,(H,18,19)(H2,16,17,20). The van der Waals surface area contributed by atoms with Gasteiger partial charge in [-0.25, -0.2) is 9.59 Å². The summed E-state index contributed by atoms with van der Waals surface area (Å²) in [5.74, 6) is -0.735. The van der Waals surface area contributed by atoms with Crippen molar-refractivity contribution in [3.63, 3.8) is 0 Å². The van der Waals surface area contributed by atoms with E-state index in [9.17, 15) is 9.59 Å². The highest BCUT2D eigenvalue weighted by Crippen LogP contribution is 2.18. The highest BCUT2D eigenvalue weighted by molar-refractivity contribution is 5.92. The molecule has 1 aromatic rings. The first-order valence-corrected chi connectivity index (χ1v) is 6.83. The molecule has 1 rings (SSSR count). The van der Waals surface area contributed by atoms with Gasteiger partial charge in [-0.1, -0.05) is 26.0 Å². The Hall–Kier alpha value is -2.08. The number of carbonyl (C=O) groups is 2. The van der Waals surface area contributed by atoms with Gasteiger partial charge in [-0.2, -0.15) is 0 Å². The lowest BCUT2D eigenvalue weighted by atomic mass is 10.0. The second kappa shape index (κ2) is 8.26. The number of hydrogen-bond acceptors (Lipinski definition) is 3. The van der Waals surface area contributed by atoms with Gasteiger partial charge >= 0.3 is 12.0 Å². The fourth-order valence-electron chi connectivity index (χ4n) is 1.79. The molecular weight excluding hydrogens is 272 g/mol. The van der Waals surface area contributed by atoms with E-state index < -0.39 is 18.0 Å². The van der Waals surface area contributed by atoms with Crippen LogP contribution >= 0.6 is 0 Å². The molecule has 0 saturated heterocycles. The molecular formula is C15H22N2O4. The van der Waals surface area contributed by atoms with Crippen molar-refractivity contribution in [1.82, 2.24) is 5.32 Å². The van der Waals surface area contributed by atoms with Crippen molar-refractivity contribution in [3.8, 4) is 0 Å². The fraction of sp³-hybridized carbons (Fsp3) is 0.467. The quantitative estimate of drug-likeness (QED) is 0.720. The van der Waals surface area contributed by atoms with Gasteiger partial charge in [-0.3, -0.25) is 0 Å². The first-order chi connectivity index (χ1) is 9.93. The molecule has 0 radical (unpaired) electrons. The summed E-state index contributed by atoms with van der Waals surface area (Å²) in [5.41, 5.74) is 1.73. The van der Waals surface area contributed by atoms with Crippen molar-refractivity contribution in [1.29, 1.82) is 0 Å². The van der Waals surface area contributed by atoms with E-state index in [0.717, 1.165) is 5.56 Å². The minimum Gasteiger partial charge on any atom is -0.480 e. The summed E-state index contributed by atoms with van der Waals surface area (Å²) < 4.78 is 4.83. The van der Waals surface area contributed by atoms with Gasteiger partial charge in [0.1, 0.15) is 6.04 Å². The SMILES string of the molecule is COCCC(NC(=O)Nc1cccc(C(C)C)c1)C(=O)O. The molecule has 116 valence electrons. The molecule has 6 nitrogen and oxygen atoms in total. The van der Waals surface area contributed by atoms with Crippen LogP contribution in [0.2, 0.25) is 0 Å². The van der Waals surface area contributed by atoms with Crippen molar-refractivity contribution in [2.45, 2.75) is 32.2 Å². The predicted molar refractivity (Wildman–Crippen MR) is 80.6 cm³/mol. The Labute approximate surface area is 124 Å². The topological polar surface area (TPSA) is 87.7 Å². The number of carbonyl (C=O) groups excluding carboxylic acids is 1. The van der Waals surface area contributed by atoms with Crippen LogP contribution in [0.1, 0.15) is 31.7 Å². The van der Waals surface area contributed by atoms with Gasteiger partial charge in [0, 0.05) is 25.8 Å². The Morgan fingerprint density at radius 3 is 2.62 bits per heavy atom. The van der Waals surface area contributed by atoms with Crippen LogP contribution < -0.4 is 10.6 Å². The van der Waals surface area contributed by atoms with Crippen LogP contribution in [0.3, 0.4) is 0 Å². The number of ether oxygens (including phenoxy) is 1. The van der Waals surface area contributed by atoms with Crippen LogP contribution in [-0.4, -0.2) is 36.9 Å². The Bertz CT molecular complexity index is 488. The first-order valence-electron chi connectivity index (χ1n) is 6.83. The lowest BCUT2D eigenvalue weighted by Gasteiger charge is -2.15. The highest BCUT2D eigenvalue weighted by atomic mass is 16.5. The van der Waals surface area contributed by atoms with Crippen LogP contribution in [0, 0.1) is 0 Å². The molecule has 0 spiro atoms. The molecule has 0 aliphatic rings. The van der Waals surface area contributed by atoms with E-state index in [-0.39, 0.29) is 13.0 Å². The summed E-state index contributed by atoms with van der Waals surface area (Å²) in [6.45, 7) is 4.38. The average molecular weight is 294 g/mol. The summed E-state index contributed by atoms with van der Waals surface area (Å²) in [7, 11) is 1.48. The highest BCUT2D eigenvalue weighted by Gasteiger charge is 2.19. The van der Waals surface area contributed by atoms with Crippen molar-refractivity contribution < 1.29 is 19.4 Å². The normalized spacial score (nSPS) is 12.0. The number of benzene rings is 1. The average Bonchev–Trinajstić information content (AvgIpc) is 2.43. The molecule has 0 saturated carbocycles. The Balaban J connectivity index is 2.63. The monoisotopic (exact) mass is 294 g/mol. The Kier molecular flexibility index (Phi) is 6.68. The van der Waals surface area contributed by atoms with Crippen molar-refractivity contribution in [2.75, 3.05) is 19.0 Å². The number of anilines is 1. The van der Waals surface area contributed by atoms with Gasteiger partial charge in [-0.05, 0) is 23.6 Å². The van der Waals surface area contributed by atoms with Crippen LogP contribution in [-0.2, 0) is 9.53 Å². The van der Waals surface area contributed by atoms with Gasteiger partial charge in [-0.15, -0.1) is 0 Å². The largest absolute Gasteiger partial charge is 0.480 e. The van der Waals surface area contributed by atoms with Gasteiger partial charge in [0.15, 0.2) is 0 Å². The molecule has 1 aromatic carbocycles. The summed E-state index contributed by atoms with van der Waals surface area (Å²) in [6.07, 6.45) is 0.214. The minimum absolute atomic E-state index is 0.214. The molecule has 3 N–H and O–H groups in total.